The van der Waals surface area contributed by atoms with Gasteiger partial charge in [-0.05, 0) is 18.8 Å². The van der Waals surface area contributed by atoms with Crippen LogP contribution in [0.1, 0.15) is 33.6 Å². The Hall–Kier alpha value is -1.79. The number of carboxylic acids is 1. The average molecular weight is 273 g/mol. The lowest BCUT2D eigenvalue weighted by Gasteiger charge is -2.16. The molecule has 19 heavy (non-hydrogen) atoms. The number of aliphatic carboxylic acids is 1. The van der Waals surface area contributed by atoms with E-state index in [1.54, 1.807) is 0 Å². The van der Waals surface area contributed by atoms with Crippen LogP contribution < -0.4 is 16.0 Å². The van der Waals surface area contributed by atoms with E-state index >= 15 is 0 Å². The summed E-state index contributed by atoms with van der Waals surface area (Å²) in [6.07, 6.45) is 1.15. The van der Waals surface area contributed by atoms with Crippen molar-refractivity contribution in [2.24, 2.45) is 5.92 Å². The van der Waals surface area contributed by atoms with Gasteiger partial charge in [-0.3, -0.25) is 4.79 Å². The van der Waals surface area contributed by atoms with E-state index in [0.29, 0.717) is 13.0 Å². The van der Waals surface area contributed by atoms with Crippen molar-refractivity contribution in [3.05, 3.63) is 0 Å². The van der Waals surface area contributed by atoms with Crippen LogP contribution in [-0.4, -0.2) is 42.1 Å². The Bertz CT molecular complexity index is 318. The monoisotopic (exact) mass is 273 g/mol. The van der Waals surface area contributed by atoms with Gasteiger partial charge in [-0.1, -0.05) is 20.8 Å². The highest BCUT2D eigenvalue weighted by Crippen LogP contribution is 2.04. The van der Waals surface area contributed by atoms with Crippen molar-refractivity contribution in [3.63, 3.8) is 0 Å². The number of carbonyl (C=O) groups excluding carboxylic acids is 2. The molecule has 0 aromatic carbocycles. The van der Waals surface area contributed by atoms with Crippen LogP contribution in [0.15, 0.2) is 0 Å². The van der Waals surface area contributed by atoms with Crippen LogP contribution in [-0.2, 0) is 9.59 Å². The molecule has 0 aliphatic rings. The number of rotatable bonds is 8. The summed E-state index contributed by atoms with van der Waals surface area (Å²) in [6, 6.07) is -1.60. The molecule has 3 amide bonds. The Morgan fingerprint density at radius 1 is 1.16 bits per heavy atom. The smallest absolute Gasteiger partial charge is 0.326 e. The third kappa shape index (κ3) is 8.87. The Balaban J connectivity index is 4.06. The lowest BCUT2D eigenvalue weighted by molar-refractivity contribution is -0.139. The minimum absolute atomic E-state index is 0.147. The normalized spacial score (nSPS) is 11.8. The molecular formula is C12H23N3O4. The van der Waals surface area contributed by atoms with Gasteiger partial charge in [0.2, 0.25) is 5.91 Å². The first-order chi connectivity index (χ1) is 8.86. The number of carboxylic acid groups (broad SMARTS) is 1. The van der Waals surface area contributed by atoms with Crippen LogP contribution in [0, 0.1) is 5.92 Å². The van der Waals surface area contributed by atoms with Gasteiger partial charge in [-0.2, -0.15) is 0 Å². The van der Waals surface area contributed by atoms with Gasteiger partial charge in [0.25, 0.3) is 0 Å². The highest BCUT2D eigenvalue weighted by molar-refractivity contribution is 5.86. The van der Waals surface area contributed by atoms with Gasteiger partial charge in [0.15, 0.2) is 0 Å². The van der Waals surface area contributed by atoms with Crippen molar-refractivity contribution in [3.8, 4) is 0 Å². The van der Waals surface area contributed by atoms with Crippen LogP contribution >= 0.6 is 0 Å². The molecule has 0 heterocycles. The summed E-state index contributed by atoms with van der Waals surface area (Å²) in [5.74, 6) is -1.23. The molecule has 0 rings (SSSR count). The molecule has 0 spiro atoms. The summed E-state index contributed by atoms with van der Waals surface area (Å²) in [5, 5.41) is 16.2. The van der Waals surface area contributed by atoms with Gasteiger partial charge in [-0.25, -0.2) is 9.59 Å². The second-order valence-corrected chi connectivity index (χ2v) is 4.70. The molecule has 0 saturated carbocycles. The summed E-state index contributed by atoms with van der Waals surface area (Å²) < 4.78 is 0. The van der Waals surface area contributed by atoms with Crippen LogP contribution in [0.4, 0.5) is 4.79 Å². The molecule has 0 aliphatic carbocycles. The van der Waals surface area contributed by atoms with Crippen LogP contribution in [0.2, 0.25) is 0 Å². The molecule has 110 valence electrons. The van der Waals surface area contributed by atoms with E-state index in [1.165, 1.54) is 0 Å². The van der Waals surface area contributed by atoms with E-state index in [2.05, 4.69) is 16.0 Å². The fraction of sp³-hybridized carbons (Fsp3) is 0.750. The Labute approximate surface area is 113 Å². The zero-order valence-electron chi connectivity index (χ0n) is 11.7. The predicted octanol–water partition coefficient (Wildman–Crippen LogP) is 0.311. The molecular weight excluding hydrogens is 250 g/mol. The number of hydrogen-bond donors (Lipinski definition) is 4. The molecule has 0 aliphatic heterocycles. The molecule has 7 heteroatoms. The second kappa shape index (κ2) is 9.18. The van der Waals surface area contributed by atoms with Crippen molar-refractivity contribution in [1.29, 1.82) is 0 Å². The first-order valence-corrected chi connectivity index (χ1v) is 6.40. The molecule has 0 fully saturated rings. The summed E-state index contributed by atoms with van der Waals surface area (Å²) in [5.41, 5.74) is 0. The number of hydrogen-bond acceptors (Lipinski definition) is 3. The molecule has 0 aromatic heterocycles. The molecule has 0 aromatic rings. The first kappa shape index (κ1) is 17.2. The zero-order chi connectivity index (χ0) is 14.8. The second-order valence-electron chi connectivity index (χ2n) is 4.70. The topological polar surface area (TPSA) is 108 Å². The van der Waals surface area contributed by atoms with Gasteiger partial charge in [0, 0.05) is 6.54 Å². The fourth-order valence-corrected chi connectivity index (χ4v) is 1.39. The quantitative estimate of drug-likeness (QED) is 0.510. The van der Waals surface area contributed by atoms with E-state index in [0.717, 1.165) is 6.42 Å². The van der Waals surface area contributed by atoms with E-state index in [4.69, 9.17) is 5.11 Å². The van der Waals surface area contributed by atoms with E-state index < -0.39 is 18.0 Å². The fourth-order valence-electron chi connectivity index (χ4n) is 1.39. The van der Waals surface area contributed by atoms with Gasteiger partial charge in [0.1, 0.15) is 6.04 Å². The van der Waals surface area contributed by atoms with Crippen molar-refractivity contribution in [2.45, 2.75) is 39.7 Å². The molecule has 0 radical (unpaired) electrons. The largest absolute Gasteiger partial charge is 0.480 e. The van der Waals surface area contributed by atoms with Crippen molar-refractivity contribution < 1.29 is 19.5 Å². The lowest BCUT2D eigenvalue weighted by Crippen LogP contribution is -2.48. The summed E-state index contributed by atoms with van der Waals surface area (Å²) >= 11 is 0. The summed E-state index contributed by atoms with van der Waals surface area (Å²) in [7, 11) is 0. The SMILES string of the molecule is CCCNC(=O)CNC(=O)N[C@@H](CC(C)C)C(=O)O. The van der Waals surface area contributed by atoms with Crippen molar-refractivity contribution in [2.75, 3.05) is 13.1 Å². The summed E-state index contributed by atoms with van der Waals surface area (Å²) in [6.45, 7) is 6.04. The predicted molar refractivity (Wildman–Crippen MR) is 70.7 cm³/mol. The maximum Gasteiger partial charge on any atom is 0.326 e. The highest BCUT2D eigenvalue weighted by Gasteiger charge is 2.20. The maximum absolute atomic E-state index is 11.5. The molecule has 0 bridgehead atoms. The Morgan fingerprint density at radius 2 is 1.79 bits per heavy atom. The van der Waals surface area contributed by atoms with E-state index in [9.17, 15) is 14.4 Å². The number of nitrogens with one attached hydrogen (secondary N) is 3. The number of carbonyl (C=O) groups is 3. The first-order valence-electron chi connectivity index (χ1n) is 6.40. The third-order valence-corrected chi connectivity index (χ3v) is 2.29. The third-order valence-electron chi connectivity index (χ3n) is 2.29. The van der Waals surface area contributed by atoms with Crippen LogP contribution in [0.5, 0.6) is 0 Å². The number of urea groups is 1. The number of amides is 3. The Kier molecular flexibility index (Phi) is 8.32. The van der Waals surface area contributed by atoms with Gasteiger partial charge in [0.05, 0.1) is 6.54 Å². The van der Waals surface area contributed by atoms with E-state index in [1.807, 2.05) is 20.8 Å². The average Bonchev–Trinajstić information content (AvgIpc) is 2.32. The maximum atomic E-state index is 11.5. The molecule has 7 nitrogen and oxygen atoms in total. The van der Waals surface area contributed by atoms with Crippen LogP contribution in [0.25, 0.3) is 0 Å². The van der Waals surface area contributed by atoms with Gasteiger partial charge in [-0.15, -0.1) is 0 Å². The molecule has 0 unspecified atom stereocenters. The van der Waals surface area contributed by atoms with E-state index in [-0.39, 0.29) is 18.4 Å². The van der Waals surface area contributed by atoms with Crippen molar-refractivity contribution in [1.82, 2.24) is 16.0 Å². The Morgan fingerprint density at radius 3 is 2.26 bits per heavy atom. The molecule has 1 atom stereocenters. The standard InChI is InChI=1S/C12H23N3O4/c1-4-5-13-10(16)7-14-12(19)15-9(11(17)18)6-8(2)3/h8-9H,4-7H2,1-3H3,(H,13,16)(H,17,18)(H2,14,15,19)/t9-/m0/s1. The molecule has 4 N–H and O–H groups in total. The van der Waals surface area contributed by atoms with Gasteiger partial charge >= 0.3 is 12.0 Å². The van der Waals surface area contributed by atoms with Crippen molar-refractivity contribution >= 4 is 17.9 Å². The summed E-state index contributed by atoms with van der Waals surface area (Å²) in [4.78, 5) is 33.6. The molecule has 0 saturated heterocycles. The van der Waals surface area contributed by atoms with Crippen LogP contribution in [0.3, 0.4) is 0 Å². The highest BCUT2D eigenvalue weighted by atomic mass is 16.4. The lowest BCUT2D eigenvalue weighted by atomic mass is 10.0. The zero-order valence-corrected chi connectivity index (χ0v) is 11.7. The minimum Gasteiger partial charge on any atom is -0.480 e. The minimum atomic E-state index is -1.08. The van der Waals surface area contributed by atoms with Gasteiger partial charge < -0.3 is 21.1 Å².